The van der Waals surface area contributed by atoms with Gasteiger partial charge in [-0.25, -0.2) is 0 Å². The Bertz CT molecular complexity index is 109. The largest absolute Gasteiger partial charge is 0.539 e. The average molecular weight is 156 g/mol. The summed E-state index contributed by atoms with van der Waals surface area (Å²) >= 11 is 0. The molecule has 0 saturated heterocycles. The van der Waals surface area contributed by atoms with Crippen LogP contribution in [0.2, 0.25) is 6.82 Å². The normalized spacial score (nSPS) is 9.27. The van der Waals surface area contributed by atoms with Crippen LogP contribution in [0.3, 0.4) is 0 Å². The first-order valence-corrected chi connectivity index (χ1v) is 3.98. The Morgan fingerprint density at radius 2 is 2.18 bits per heavy atom. The topological polar surface area (TPSA) is 52.3 Å². The van der Waals surface area contributed by atoms with Gasteiger partial charge in [0, 0.05) is 6.42 Å². The fourth-order valence-corrected chi connectivity index (χ4v) is 0.781. The van der Waals surface area contributed by atoms with E-state index in [1.807, 2.05) is 0 Å². The minimum atomic E-state index is -0.149. The predicted molar refractivity (Wildman–Crippen MR) is 45.2 cm³/mol. The van der Waals surface area contributed by atoms with Crippen molar-refractivity contribution in [3.63, 3.8) is 0 Å². The molecule has 0 fully saturated rings. The van der Waals surface area contributed by atoms with Crippen molar-refractivity contribution in [2.75, 3.05) is 6.54 Å². The highest BCUT2D eigenvalue weighted by Gasteiger charge is 1.99. The van der Waals surface area contributed by atoms with Crippen LogP contribution in [-0.4, -0.2) is 20.0 Å². The molecule has 0 unspecified atom stereocenters. The fraction of sp³-hybridized carbons (Fsp3) is 0.857. The number of hydrogen-bond acceptors (Lipinski definition) is 3. The molecule has 0 aromatic rings. The van der Waals surface area contributed by atoms with Crippen molar-refractivity contribution in [2.45, 2.75) is 32.5 Å². The van der Waals surface area contributed by atoms with Crippen LogP contribution >= 0.6 is 0 Å². The average Bonchev–Trinajstić information content (AvgIpc) is 1.99. The quantitative estimate of drug-likeness (QED) is 0.455. The Labute approximate surface area is 68.6 Å². The molecule has 0 rings (SSSR count). The summed E-state index contributed by atoms with van der Waals surface area (Å²) in [6.07, 6.45) is 3.38. The van der Waals surface area contributed by atoms with Gasteiger partial charge < -0.3 is 10.4 Å². The van der Waals surface area contributed by atoms with Crippen LogP contribution in [0, 0.1) is 0 Å². The third kappa shape index (κ3) is 7.39. The second kappa shape index (κ2) is 7.60. The van der Waals surface area contributed by atoms with Crippen molar-refractivity contribution in [3.05, 3.63) is 0 Å². The summed E-state index contributed by atoms with van der Waals surface area (Å²) in [5.41, 5.74) is 5.28. The maximum absolute atomic E-state index is 10.7. The molecular formula is C7H15BNO2. The van der Waals surface area contributed by atoms with E-state index in [2.05, 4.69) is 4.65 Å². The number of carbonyl (C=O) groups is 1. The fourth-order valence-electron chi connectivity index (χ4n) is 0.781. The second-order valence-corrected chi connectivity index (χ2v) is 2.32. The lowest BCUT2D eigenvalue weighted by molar-refractivity contribution is -0.134. The van der Waals surface area contributed by atoms with Gasteiger partial charge in [0.15, 0.2) is 0 Å². The van der Waals surface area contributed by atoms with Crippen LogP contribution in [0.15, 0.2) is 0 Å². The number of rotatable bonds is 6. The summed E-state index contributed by atoms with van der Waals surface area (Å²) in [5.74, 6) is -0.149. The molecular weight excluding hydrogens is 141 g/mol. The molecule has 1 radical (unpaired) electrons. The molecule has 0 amide bonds. The highest BCUT2D eigenvalue weighted by Crippen LogP contribution is 1.99. The van der Waals surface area contributed by atoms with E-state index >= 15 is 0 Å². The second-order valence-electron chi connectivity index (χ2n) is 2.32. The summed E-state index contributed by atoms with van der Waals surface area (Å²) in [7, 11) is 1.41. The third-order valence-electron chi connectivity index (χ3n) is 1.33. The molecule has 3 nitrogen and oxygen atoms in total. The minimum Gasteiger partial charge on any atom is -0.539 e. The Kier molecular flexibility index (Phi) is 7.25. The molecule has 11 heavy (non-hydrogen) atoms. The van der Waals surface area contributed by atoms with Crippen molar-refractivity contribution < 1.29 is 9.45 Å². The Morgan fingerprint density at radius 3 is 2.73 bits per heavy atom. The molecule has 0 saturated carbocycles. The van der Waals surface area contributed by atoms with Crippen LogP contribution in [0.1, 0.15) is 25.7 Å². The summed E-state index contributed by atoms with van der Waals surface area (Å²) in [6, 6.07) is 0. The Hall–Kier alpha value is -0.505. The molecule has 2 N–H and O–H groups in total. The molecule has 0 bridgehead atoms. The van der Waals surface area contributed by atoms with Gasteiger partial charge in [-0.15, -0.1) is 0 Å². The number of carbonyl (C=O) groups excluding carboxylic acids is 1. The summed E-state index contributed by atoms with van der Waals surface area (Å²) < 4.78 is 4.63. The van der Waals surface area contributed by atoms with Gasteiger partial charge in [-0.1, -0.05) is 13.2 Å². The zero-order valence-corrected chi connectivity index (χ0v) is 7.01. The van der Waals surface area contributed by atoms with E-state index in [0.717, 1.165) is 19.3 Å². The van der Waals surface area contributed by atoms with E-state index < -0.39 is 0 Å². The van der Waals surface area contributed by atoms with Gasteiger partial charge in [0.1, 0.15) is 0 Å². The van der Waals surface area contributed by atoms with Gasteiger partial charge in [-0.2, -0.15) is 0 Å². The maximum Gasteiger partial charge on any atom is 0.370 e. The zero-order chi connectivity index (χ0) is 8.53. The lowest BCUT2D eigenvalue weighted by Gasteiger charge is -1.99. The van der Waals surface area contributed by atoms with Crippen molar-refractivity contribution in [1.82, 2.24) is 0 Å². The van der Waals surface area contributed by atoms with Gasteiger partial charge in [-0.3, -0.25) is 4.79 Å². The van der Waals surface area contributed by atoms with Gasteiger partial charge in [-0.05, 0) is 19.4 Å². The van der Waals surface area contributed by atoms with Gasteiger partial charge in [0.25, 0.3) is 5.97 Å². The summed E-state index contributed by atoms with van der Waals surface area (Å²) in [4.78, 5) is 10.7. The molecule has 63 valence electrons. The van der Waals surface area contributed by atoms with Crippen LogP contribution in [0.25, 0.3) is 0 Å². The standard InChI is InChI=1S/C7H15BNO2/c1-8-11-7(10)5-3-2-4-6-9/h2-6,9H2,1H3. The highest BCUT2D eigenvalue weighted by molar-refractivity contribution is 6.28. The SMILES string of the molecule is C[B]OC(=O)CCCCCN. The molecule has 0 aliphatic heterocycles. The summed E-state index contributed by atoms with van der Waals surface area (Å²) in [6.45, 7) is 2.40. The first-order chi connectivity index (χ1) is 5.31. The van der Waals surface area contributed by atoms with E-state index in [9.17, 15) is 4.79 Å². The van der Waals surface area contributed by atoms with Crippen LogP contribution in [0.5, 0.6) is 0 Å². The van der Waals surface area contributed by atoms with Crippen LogP contribution < -0.4 is 5.73 Å². The predicted octanol–water partition coefficient (Wildman–Crippen LogP) is 0.716. The van der Waals surface area contributed by atoms with Crippen molar-refractivity contribution in [3.8, 4) is 0 Å². The molecule has 4 heteroatoms. The molecule has 0 spiro atoms. The van der Waals surface area contributed by atoms with E-state index in [1.54, 1.807) is 6.82 Å². The Balaban J connectivity index is 3.04. The minimum absolute atomic E-state index is 0.149. The monoisotopic (exact) mass is 156 g/mol. The number of hydrogen-bond donors (Lipinski definition) is 1. The van der Waals surface area contributed by atoms with Crippen molar-refractivity contribution in [1.29, 1.82) is 0 Å². The molecule has 0 atom stereocenters. The van der Waals surface area contributed by atoms with Gasteiger partial charge in [0.2, 0.25) is 0 Å². The summed E-state index contributed by atoms with van der Waals surface area (Å²) in [5, 5.41) is 0. The van der Waals surface area contributed by atoms with Gasteiger partial charge >= 0.3 is 7.48 Å². The van der Waals surface area contributed by atoms with Crippen LogP contribution in [-0.2, 0) is 9.45 Å². The van der Waals surface area contributed by atoms with Crippen LogP contribution in [0.4, 0.5) is 0 Å². The van der Waals surface area contributed by atoms with E-state index in [0.29, 0.717) is 13.0 Å². The molecule has 0 aromatic heterocycles. The number of nitrogens with two attached hydrogens (primary N) is 1. The van der Waals surface area contributed by atoms with Crippen molar-refractivity contribution in [2.24, 2.45) is 5.73 Å². The van der Waals surface area contributed by atoms with E-state index in [-0.39, 0.29) is 5.97 Å². The molecule has 0 aliphatic rings. The lowest BCUT2D eigenvalue weighted by atomic mass is 10.1. The Morgan fingerprint density at radius 1 is 1.45 bits per heavy atom. The first kappa shape index (κ1) is 10.5. The molecule has 0 aliphatic carbocycles. The lowest BCUT2D eigenvalue weighted by Crippen LogP contribution is -2.06. The van der Waals surface area contributed by atoms with Gasteiger partial charge in [0.05, 0.1) is 0 Å². The highest BCUT2D eigenvalue weighted by atomic mass is 16.5. The first-order valence-electron chi connectivity index (χ1n) is 3.98. The van der Waals surface area contributed by atoms with E-state index in [4.69, 9.17) is 5.73 Å². The van der Waals surface area contributed by atoms with E-state index in [1.165, 1.54) is 7.48 Å². The number of unbranched alkanes of at least 4 members (excludes halogenated alkanes) is 2. The maximum atomic E-state index is 10.7. The smallest absolute Gasteiger partial charge is 0.370 e. The third-order valence-corrected chi connectivity index (χ3v) is 1.33. The molecule has 0 aromatic carbocycles. The molecule has 0 heterocycles. The zero-order valence-electron chi connectivity index (χ0n) is 7.01. The van der Waals surface area contributed by atoms with Crippen molar-refractivity contribution >= 4 is 13.5 Å².